The molecule has 1 fully saturated rings. The predicted molar refractivity (Wildman–Crippen MR) is 95.1 cm³/mol. The lowest BCUT2D eigenvalue weighted by molar-refractivity contribution is 0.0940. The van der Waals surface area contributed by atoms with Crippen molar-refractivity contribution in [2.45, 2.75) is 18.9 Å². The minimum atomic E-state index is -0.378. The third kappa shape index (κ3) is 3.21. The smallest absolute Gasteiger partial charge is 0.287 e. The number of carbonyl (C=O) groups excluding carboxylic acids is 2. The molecule has 0 aliphatic heterocycles. The molecule has 4 rings (SSSR count). The predicted octanol–water partition coefficient (Wildman–Crippen LogP) is 3.13. The van der Waals surface area contributed by atoms with E-state index in [0.717, 1.165) is 12.8 Å². The molecule has 1 aromatic carbocycles. The van der Waals surface area contributed by atoms with Crippen LogP contribution in [-0.2, 0) is 0 Å². The first-order chi connectivity index (χ1) is 12.1. The normalized spacial score (nSPS) is 13.6. The van der Waals surface area contributed by atoms with Gasteiger partial charge >= 0.3 is 0 Å². The zero-order valence-corrected chi connectivity index (χ0v) is 14.0. The van der Waals surface area contributed by atoms with Crippen molar-refractivity contribution in [3.63, 3.8) is 0 Å². The van der Waals surface area contributed by atoms with Crippen LogP contribution in [0.5, 0.6) is 0 Å². The van der Waals surface area contributed by atoms with E-state index in [9.17, 15) is 9.59 Å². The number of anilines is 1. The molecule has 1 aliphatic carbocycles. The summed E-state index contributed by atoms with van der Waals surface area (Å²) in [5.74, 6) is -0.436. The maximum Gasteiger partial charge on any atom is 0.287 e. The van der Waals surface area contributed by atoms with Crippen LogP contribution in [0.3, 0.4) is 0 Å². The van der Waals surface area contributed by atoms with Crippen molar-refractivity contribution in [3.8, 4) is 0 Å². The molecule has 25 heavy (non-hydrogen) atoms. The molecule has 0 radical (unpaired) electrons. The fourth-order valence-corrected chi connectivity index (χ4v) is 2.69. The Morgan fingerprint density at radius 2 is 1.84 bits per heavy atom. The van der Waals surface area contributed by atoms with Gasteiger partial charge in [0, 0.05) is 22.9 Å². The summed E-state index contributed by atoms with van der Waals surface area (Å²) >= 11 is 5.86. The van der Waals surface area contributed by atoms with Gasteiger partial charge in [-0.3, -0.25) is 14.0 Å². The maximum atomic E-state index is 12.6. The lowest BCUT2D eigenvalue weighted by Gasteiger charge is -2.03. The molecule has 3 aromatic rings. The van der Waals surface area contributed by atoms with Crippen molar-refractivity contribution < 1.29 is 9.59 Å². The standard InChI is InChI=1S/C18H15ClN4O2/c19-11-4-6-12(7-5-11)20-17(24)15-14-3-1-2-10-23(14)16(22-15)18(25)21-13-8-9-13/h1-7,10,13H,8-9H2,(H,20,24)(H,21,25). The van der Waals surface area contributed by atoms with Gasteiger partial charge < -0.3 is 10.6 Å². The summed E-state index contributed by atoms with van der Waals surface area (Å²) in [4.78, 5) is 29.3. The summed E-state index contributed by atoms with van der Waals surface area (Å²) in [5.41, 5.74) is 1.39. The summed E-state index contributed by atoms with van der Waals surface area (Å²) in [6.07, 6.45) is 3.70. The number of rotatable bonds is 4. The first-order valence-corrected chi connectivity index (χ1v) is 8.34. The molecule has 0 bridgehead atoms. The van der Waals surface area contributed by atoms with Crippen molar-refractivity contribution in [2.75, 3.05) is 5.32 Å². The second-order valence-corrected chi connectivity index (χ2v) is 6.39. The molecular weight excluding hydrogens is 340 g/mol. The van der Waals surface area contributed by atoms with Gasteiger partial charge in [-0.25, -0.2) is 4.98 Å². The maximum absolute atomic E-state index is 12.6. The van der Waals surface area contributed by atoms with Gasteiger partial charge in [-0.2, -0.15) is 0 Å². The van der Waals surface area contributed by atoms with Crippen LogP contribution in [0, 0.1) is 0 Å². The van der Waals surface area contributed by atoms with E-state index in [1.165, 1.54) is 0 Å². The van der Waals surface area contributed by atoms with Crippen molar-refractivity contribution in [1.82, 2.24) is 14.7 Å². The number of pyridine rings is 1. The van der Waals surface area contributed by atoms with Gasteiger partial charge in [-0.15, -0.1) is 0 Å². The molecule has 0 spiro atoms. The third-order valence-electron chi connectivity index (χ3n) is 3.98. The number of amides is 2. The highest BCUT2D eigenvalue weighted by Gasteiger charge is 2.27. The molecule has 0 unspecified atom stereocenters. The molecule has 2 N–H and O–H groups in total. The number of hydrogen-bond acceptors (Lipinski definition) is 3. The fourth-order valence-electron chi connectivity index (χ4n) is 2.57. The summed E-state index contributed by atoms with van der Waals surface area (Å²) < 4.78 is 1.63. The Morgan fingerprint density at radius 1 is 1.08 bits per heavy atom. The van der Waals surface area contributed by atoms with Gasteiger partial charge in [0.2, 0.25) is 5.82 Å². The molecule has 2 amide bonds. The largest absolute Gasteiger partial charge is 0.347 e. The van der Waals surface area contributed by atoms with Gasteiger partial charge in [0.25, 0.3) is 11.8 Å². The van der Waals surface area contributed by atoms with Crippen LogP contribution >= 0.6 is 11.6 Å². The second-order valence-electron chi connectivity index (χ2n) is 5.95. The zero-order valence-electron chi connectivity index (χ0n) is 13.2. The SMILES string of the molecule is O=C(Nc1ccc(Cl)cc1)c1nc(C(=O)NC2CC2)n2ccccc12. The third-order valence-corrected chi connectivity index (χ3v) is 4.23. The number of aromatic nitrogens is 2. The molecule has 2 heterocycles. The van der Waals surface area contributed by atoms with Crippen molar-refractivity contribution in [3.05, 3.63) is 65.2 Å². The monoisotopic (exact) mass is 354 g/mol. The number of nitrogens with zero attached hydrogens (tertiary/aromatic N) is 2. The molecule has 2 aromatic heterocycles. The Balaban J connectivity index is 1.67. The Morgan fingerprint density at radius 3 is 2.56 bits per heavy atom. The van der Waals surface area contributed by atoms with Gasteiger partial charge in [0.05, 0.1) is 5.52 Å². The molecular formula is C18H15ClN4O2. The van der Waals surface area contributed by atoms with Crippen LogP contribution in [0.15, 0.2) is 48.7 Å². The van der Waals surface area contributed by atoms with E-state index in [2.05, 4.69) is 15.6 Å². The van der Waals surface area contributed by atoms with E-state index in [-0.39, 0.29) is 29.4 Å². The lowest BCUT2D eigenvalue weighted by Crippen LogP contribution is -2.27. The highest BCUT2D eigenvalue weighted by molar-refractivity contribution is 6.30. The highest BCUT2D eigenvalue weighted by atomic mass is 35.5. The second kappa shape index (κ2) is 6.22. The topological polar surface area (TPSA) is 75.5 Å². The Kier molecular flexibility index (Phi) is 3.89. The van der Waals surface area contributed by atoms with Crippen molar-refractivity contribution in [2.24, 2.45) is 0 Å². The van der Waals surface area contributed by atoms with Crippen molar-refractivity contribution in [1.29, 1.82) is 0 Å². The van der Waals surface area contributed by atoms with Gasteiger partial charge in [0.15, 0.2) is 5.69 Å². The number of carbonyl (C=O) groups is 2. The average Bonchev–Trinajstić information content (AvgIpc) is 3.33. The van der Waals surface area contributed by atoms with Crippen molar-refractivity contribution >= 4 is 34.6 Å². The zero-order chi connectivity index (χ0) is 17.4. The molecule has 0 atom stereocenters. The fraction of sp³-hybridized carbons (Fsp3) is 0.167. The molecule has 6 nitrogen and oxygen atoms in total. The number of imidazole rings is 1. The molecule has 126 valence electrons. The number of hydrogen-bond donors (Lipinski definition) is 2. The van der Waals surface area contributed by atoms with Crippen LogP contribution in [0.2, 0.25) is 5.02 Å². The van der Waals surface area contributed by atoms with Crippen LogP contribution in [0.4, 0.5) is 5.69 Å². The Labute approximate surface area is 148 Å². The molecule has 1 aliphatic rings. The first-order valence-electron chi connectivity index (χ1n) is 7.97. The van der Waals surface area contributed by atoms with E-state index < -0.39 is 0 Å². The Hall–Kier alpha value is -2.86. The van der Waals surface area contributed by atoms with Gasteiger partial charge in [-0.05, 0) is 49.2 Å². The van der Waals surface area contributed by atoms with Crippen LogP contribution in [0.25, 0.3) is 5.52 Å². The van der Waals surface area contributed by atoms with Crippen LogP contribution in [-0.4, -0.2) is 27.2 Å². The molecule has 1 saturated carbocycles. The van der Waals surface area contributed by atoms with Gasteiger partial charge in [0.1, 0.15) is 0 Å². The van der Waals surface area contributed by atoms with Crippen LogP contribution in [0.1, 0.15) is 33.9 Å². The van der Waals surface area contributed by atoms with Gasteiger partial charge in [-0.1, -0.05) is 17.7 Å². The van der Waals surface area contributed by atoms with Crippen LogP contribution < -0.4 is 10.6 Å². The highest BCUT2D eigenvalue weighted by Crippen LogP contribution is 2.21. The number of halogens is 1. The summed E-state index contributed by atoms with van der Waals surface area (Å²) in [5, 5.41) is 6.27. The summed E-state index contributed by atoms with van der Waals surface area (Å²) in [6, 6.07) is 12.4. The minimum Gasteiger partial charge on any atom is -0.347 e. The van der Waals surface area contributed by atoms with E-state index in [4.69, 9.17) is 11.6 Å². The summed E-state index contributed by atoms with van der Waals surface area (Å²) in [7, 11) is 0. The number of benzene rings is 1. The van der Waals surface area contributed by atoms with E-state index in [0.29, 0.717) is 16.2 Å². The van der Waals surface area contributed by atoms with E-state index in [1.54, 1.807) is 53.1 Å². The number of nitrogens with one attached hydrogen (secondary N) is 2. The number of fused-ring (bicyclic) bond motifs is 1. The molecule has 0 saturated heterocycles. The summed E-state index contributed by atoms with van der Waals surface area (Å²) in [6.45, 7) is 0. The van der Waals surface area contributed by atoms with E-state index >= 15 is 0 Å². The average molecular weight is 355 g/mol. The first kappa shape index (κ1) is 15.7. The minimum absolute atomic E-state index is 0.205. The quantitative estimate of drug-likeness (QED) is 0.755. The Bertz CT molecular complexity index is 961. The van der Waals surface area contributed by atoms with E-state index in [1.807, 2.05) is 0 Å². The lowest BCUT2D eigenvalue weighted by atomic mass is 10.3. The molecule has 7 heteroatoms.